The third-order valence-corrected chi connectivity index (χ3v) is 7.59. The number of rotatable bonds is 6. The van der Waals surface area contributed by atoms with Crippen LogP contribution in [0.25, 0.3) is 0 Å². The average molecular weight is 445 g/mol. The van der Waals surface area contributed by atoms with Gasteiger partial charge < -0.3 is 19.5 Å². The first-order chi connectivity index (χ1) is 16.0. The summed E-state index contributed by atoms with van der Waals surface area (Å²) in [7, 11) is 1.69. The molecule has 0 saturated carbocycles. The second-order valence-corrected chi connectivity index (χ2v) is 9.65. The molecule has 1 N–H and O–H groups in total. The highest BCUT2D eigenvalue weighted by molar-refractivity contribution is 5.50. The second kappa shape index (κ2) is 8.71. The molecule has 5 heteroatoms. The zero-order valence-electron chi connectivity index (χ0n) is 19.6. The van der Waals surface area contributed by atoms with E-state index in [4.69, 9.17) is 9.47 Å². The van der Waals surface area contributed by atoms with Crippen molar-refractivity contribution in [3.8, 4) is 11.5 Å². The Balaban J connectivity index is 1.43. The van der Waals surface area contributed by atoms with E-state index in [0.717, 1.165) is 48.7 Å². The van der Waals surface area contributed by atoms with Crippen LogP contribution in [0.1, 0.15) is 36.5 Å². The van der Waals surface area contributed by atoms with Crippen molar-refractivity contribution in [3.63, 3.8) is 0 Å². The molecule has 0 amide bonds. The molecule has 33 heavy (non-hydrogen) atoms. The number of fused-ring (bicyclic) bond motifs is 1. The molecule has 1 fully saturated rings. The summed E-state index contributed by atoms with van der Waals surface area (Å²) in [6.07, 6.45) is 5.15. The Morgan fingerprint density at radius 2 is 1.82 bits per heavy atom. The van der Waals surface area contributed by atoms with E-state index in [9.17, 15) is 5.11 Å². The van der Waals surface area contributed by atoms with Gasteiger partial charge in [-0.2, -0.15) is 0 Å². The van der Waals surface area contributed by atoms with E-state index in [1.54, 1.807) is 13.3 Å². The molecule has 1 aliphatic heterocycles. The number of benzene rings is 2. The monoisotopic (exact) mass is 444 g/mol. The molecule has 1 aromatic heterocycles. The molecule has 0 bridgehead atoms. The second-order valence-electron chi connectivity index (χ2n) is 9.65. The molecule has 0 unspecified atom stereocenters. The largest absolute Gasteiger partial charge is 0.493 e. The molecular formula is C28H32N2O3. The number of nitrogens with zero attached hydrogens (tertiary/aromatic N) is 2. The third-order valence-electron chi connectivity index (χ3n) is 7.59. The summed E-state index contributed by atoms with van der Waals surface area (Å²) >= 11 is 0. The number of aliphatic hydroxyl groups excluding tert-OH is 1. The highest BCUT2D eigenvalue weighted by Crippen LogP contribution is 2.48. The molecule has 2 aliphatic rings. The van der Waals surface area contributed by atoms with E-state index in [-0.39, 0.29) is 17.4 Å². The van der Waals surface area contributed by atoms with Crippen LogP contribution in [0.2, 0.25) is 0 Å². The molecule has 5 nitrogen and oxygen atoms in total. The molecule has 1 saturated heterocycles. The third kappa shape index (κ3) is 4.06. The van der Waals surface area contributed by atoms with Gasteiger partial charge in [0, 0.05) is 43.5 Å². The zero-order valence-corrected chi connectivity index (χ0v) is 19.6. The molecule has 0 spiro atoms. The van der Waals surface area contributed by atoms with Gasteiger partial charge >= 0.3 is 0 Å². The zero-order chi connectivity index (χ0) is 23.0. The van der Waals surface area contributed by atoms with E-state index in [1.165, 1.54) is 11.1 Å². The lowest BCUT2D eigenvalue weighted by atomic mass is 9.72. The van der Waals surface area contributed by atoms with Crippen LogP contribution in [0, 0.1) is 5.41 Å². The normalized spacial score (nSPS) is 23.4. The first-order valence-corrected chi connectivity index (χ1v) is 11.7. The smallest absolute Gasteiger partial charge is 0.161 e. The predicted octanol–water partition coefficient (Wildman–Crippen LogP) is 4.63. The first-order valence-electron chi connectivity index (χ1n) is 11.7. The molecular weight excluding hydrogens is 412 g/mol. The summed E-state index contributed by atoms with van der Waals surface area (Å²) in [6, 6.07) is 18.8. The van der Waals surface area contributed by atoms with Gasteiger partial charge in [-0.1, -0.05) is 37.3 Å². The van der Waals surface area contributed by atoms with Gasteiger partial charge in [-0.05, 0) is 47.9 Å². The van der Waals surface area contributed by atoms with E-state index in [0.29, 0.717) is 0 Å². The first kappa shape index (κ1) is 21.8. The van der Waals surface area contributed by atoms with Crippen molar-refractivity contribution >= 4 is 5.69 Å². The van der Waals surface area contributed by atoms with Gasteiger partial charge in [0.15, 0.2) is 11.5 Å². The summed E-state index contributed by atoms with van der Waals surface area (Å²) in [5.41, 5.74) is 4.67. The number of anilines is 1. The molecule has 1 aliphatic carbocycles. The van der Waals surface area contributed by atoms with Crippen molar-refractivity contribution in [2.75, 3.05) is 25.1 Å². The molecule has 2 aromatic carbocycles. The van der Waals surface area contributed by atoms with Crippen LogP contribution in [0.15, 0.2) is 67.0 Å². The molecule has 3 atom stereocenters. The fraction of sp³-hybridized carbons (Fsp3) is 0.393. The molecule has 0 radical (unpaired) electrons. The summed E-state index contributed by atoms with van der Waals surface area (Å²) in [5, 5.41) is 10.8. The minimum atomic E-state index is -0.458. The van der Waals surface area contributed by atoms with Gasteiger partial charge in [0.25, 0.3) is 0 Å². The van der Waals surface area contributed by atoms with Crippen LogP contribution in [-0.2, 0) is 12.8 Å². The van der Waals surface area contributed by atoms with Crippen molar-refractivity contribution < 1.29 is 14.6 Å². The van der Waals surface area contributed by atoms with Gasteiger partial charge in [-0.15, -0.1) is 0 Å². The minimum absolute atomic E-state index is 0.102. The number of aliphatic hydroxyl groups is 1. The van der Waals surface area contributed by atoms with Gasteiger partial charge in [0.05, 0.1) is 25.1 Å². The number of ether oxygens (including phenoxy) is 2. The van der Waals surface area contributed by atoms with Crippen LogP contribution in [0.5, 0.6) is 11.5 Å². The van der Waals surface area contributed by atoms with E-state index < -0.39 is 6.10 Å². The standard InChI is InChI=1S/C28H32N2O3/c1-19(31)28(2)18-30(23-9-6-12-29-16-23)17-25(28)22-10-11-26(32-3)27(15-22)33-24-13-20-7-4-5-8-21(20)14-24/h4-12,15-16,19,24-25,31H,13-14,17-18H2,1-3H3/t19-,25-,28+/m1/s1. The van der Waals surface area contributed by atoms with Gasteiger partial charge in [-0.25, -0.2) is 0 Å². The quantitative estimate of drug-likeness (QED) is 0.601. The molecule has 3 aromatic rings. The Kier molecular flexibility index (Phi) is 5.75. The fourth-order valence-electron chi connectivity index (χ4n) is 5.45. The molecule has 2 heterocycles. The van der Waals surface area contributed by atoms with Crippen LogP contribution in [-0.4, -0.2) is 42.5 Å². The van der Waals surface area contributed by atoms with Crippen LogP contribution >= 0.6 is 0 Å². The average Bonchev–Trinajstić information content (AvgIpc) is 3.41. The summed E-state index contributed by atoms with van der Waals surface area (Å²) < 4.78 is 12.2. The van der Waals surface area contributed by atoms with Crippen LogP contribution < -0.4 is 14.4 Å². The maximum atomic E-state index is 10.8. The fourth-order valence-corrected chi connectivity index (χ4v) is 5.45. The number of hydrogen-bond donors (Lipinski definition) is 1. The van der Waals surface area contributed by atoms with Crippen LogP contribution in [0.3, 0.4) is 0 Å². The lowest BCUT2D eigenvalue weighted by Crippen LogP contribution is -2.37. The summed E-state index contributed by atoms with van der Waals surface area (Å²) in [6.45, 7) is 5.66. The van der Waals surface area contributed by atoms with E-state index >= 15 is 0 Å². The Bertz CT molecular complexity index is 1090. The SMILES string of the molecule is COc1ccc([C@H]2CN(c3cccnc3)C[C@@]2(C)[C@@H](C)O)cc1OC1Cc2ccccc2C1. The Labute approximate surface area is 196 Å². The van der Waals surface area contributed by atoms with Crippen molar-refractivity contribution in [2.45, 2.75) is 44.8 Å². The minimum Gasteiger partial charge on any atom is -0.493 e. The highest BCUT2D eigenvalue weighted by Gasteiger charge is 2.47. The van der Waals surface area contributed by atoms with Gasteiger partial charge in [0.2, 0.25) is 0 Å². The maximum Gasteiger partial charge on any atom is 0.161 e. The van der Waals surface area contributed by atoms with Crippen molar-refractivity contribution in [1.82, 2.24) is 4.98 Å². The number of hydrogen-bond acceptors (Lipinski definition) is 5. The summed E-state index contributed by atoms with van der Waals surface area (Å²) in [5.74, 6) is 1.67. The Morgan fingerprint density at radius 1 is 1.06 bits per heavy atom. The predicted molar refractivity (Wildman–Crippen MR) is 130 cm³/mol. The van der Waals surface area contributed by atoms with E-state index in [1.807, 2.05) is 25.3 Å². The Hall–Kier alpha value is -3.05. The van der Waals surface area contributed by atoms with Crippen molar-refractivity contribution in [3.05, 3.63) is 83.7 Å². The molecule has 172 valence electrons. The number of pyridine rings is 1. The number of aromatic nitrogens is 1. The summed E-state index contributed by atoms with van der Waals surface area (Å²) in [4.78, 5) is 6.61. The van der Waals surface area contributed by atoms with Gasteiger partial charge in [0.1, 0.15) is 6.10 Å². The lowest BCUT2D eigenvalue weighted by Gasteiger charge is -2.34. The Morgan fingerprint density at radius 3 is 2.45 bits per heavy atom. The van der Waals surface area contributed by atoms with Crippen molar-refractivity contribution in [2.24, 2.45) is 5.41 Å². The molecule has 5 rings (SSSR count). The highest BCUT2D eigenvalue weighted by atomic mass is 16.5. The van der Waals surface area contributed by atoms with Crippen LogP contribution in [0.4, 0.5) is 5.69 Å². The van der Waals surface area contributed by atoms with E-state index in [2.05, 4.69) is 59.3 Å². The lowest BCUT2D eigenvalue weighted by molar-refractivity contribution is 0.0558. The van der Waals surface area contributed by atoms with Gasteiger partial charge in [-0.3, -0.25) is 4.98 Å². The topological polar surface area (TPSA) is 54.8 Å². The maximum absolute atomic E-state index is 10.8. The number of methoxy groups -OCH3 is 1. The van der Waals surface area contributed by atoms with Crippen molar-refractivity contribution in [1.29, 1.82) is 0 Å².